The van der Waals surface area contributed by atoms with Crippen LogP contribution in [0.15, 0.2) is 86.0 Å². The predicted octanol–water partition coefficient (Wildman–Crippen LogP) is 12.3. The second-order valence-electron chi connectivity index (χ2n) is 18.0. The highest BCUT2D eigenvalue weighted by Crippen LogP contribution is 2.59. The average Bonchev–Trinajstić information content (AvgIpc) is 4.01. The fourth-order valence-corrected chi connectivity index (χ4v) is 11.1. The summed E-state index contributed by atoms with van der Waals surface area (Å²) >= 11 is 0. The van der Waals surface area contributed by atoms with E-state index < -0.39 is 25.2 Å². The van der Waals surface area contributed by atoms with Gasteiger partial charge in [0.15, 0.2) is 85.8 Å². The van der Waals surface area contributed by atoms with E-state index in [-0.39, 0.29) is 170 Å². The highest BCUT2D eigenvalue weighted by Gasteiger charge is 2.42. The number of hydrogen-bond donors (Lipinski definition) is 0. The maximum atomic E-state index is 16.5. The van der Waals surface area contributed by atoms with Crippen LogP contribution in [0, 0.1) is 20.8 Å². The SMILES string of the molecule is COc1cc(C(=O)c2c(C)oc3c(OP(=O)(Oc4c(OC)ccc5c(C(=O)c6cc(OC)c(OC)c(OC)c6)c(C)oc45)Oc4c(OC)ccc5c(C(=O)c6cc(OC)c(OC)c(OC)c6)c(C)oc45)c(OC)ccc23)cc(OC)c1OC. The molecular formula is C60H57O22P. The lowest BCUT2D eigenvalue weighted by Gasteiger charge is -2.22. The van der Waals surface area contributed by atoms with E-state index in [1.807, 2.05) is 0 Å². The van der Waals surface area contributed by atoms with E-state index in [0.29, 0.717) is 0 Å². The van der Waals surface area contributed by atoms with E-state index in [4.69, 9.17) is 83.7 Å². The number of rotatable bonds is 24. The van der Waals surface area contributed by atoms with Gasteiger partial charge in [0, 0.05) is 32.8 Å². The molecule has 0 amide bonds. The van der Waals surface area contributed by atoms with Crippen LogP contribution < -0.4 is 70.4 Å². The van der Waals surface area contributed by atoms with Gasteiger partial charge in [-0.2, -0.15) is 4.57 Å². The van der Waals surface area contributed by atoms with Crippen LogP contribution in [0.25, 0.3) is 32.9 Å². The lowest BCUT2D eigenvalue weighted by atomic mass is 9.99. The first-order valence-corrected chi connectivity index (χ1v) is 26.4. The molecular weight excluding hydrogens is 1100 g/mol. The topological polar surface area (TPSA) is 246 Å². The quantitative estimate of drug-likeness (QED) is 0.0403. The molecule has 0 saturated heterocycles. The minimum Gasteiger partial charge on any atom is -0.493 e. The largest absolute Gasteiger partial charge is 0.647 e. The molecule has 0 bridgehead atoms. The van der Waals surface area contributed by atoms with Gasteiger partial charge in [-0.1, -0.05) is 0 Å². The molecule has 9 rings (SSSR count). The Bertz CT molecular complexity index is 3600. The van der Waals surface area contributed by atoms with Crippen molar-refractivity contribution < 1.29 is 103 Å². The van der Waals surface area contributed by atoms with Gasteiger partial charge in [-0.25, -0.2) is 0 Å². The monoisotopic (exact) mass is 1160 g/mol. The Morgan fingerprint density at radius 1 is 0.313 bits per heavy atom. The van der Waals surface area contributed by atoms with Crippen LogP contribution in [-0.4, -0.2) is 103 Å². The van der Waals surface area contributed by atoms with Crippen LogP contribution in [0.2, 0.25) is 0 Å². The third-order valence-corrected chi connectivity index (χ3v) is 14.8. The molecule has 22 nitrogen and oxygen atoms in total. The number of benzene rings is 6. The van der Waals surface area contributed by atoms with Crippen molar-refractivity contribution in [2.24, 2.45) is 0 Å². The number of furan rings is 3. The normalized spacial score (nSPS) is 11.3. The smallest absolute Gasteiger partial charge is 0.493 e. The van der Waals surface area contributed by atoms with Crippen LogP contribution in [0.3, 0.4) is 0 Å². The van der Waals surface area contributed by atoms with Crippen molar-refractivity contribution in [1.29, 1.82) is 0 Å². The van der Waals surface area contributed by atoms with Gasteiger partial charge in [-0.15, -0.1) is 0 Å². The molecule has 0 saturated carbocycles. The van der Waals surface area contributed by atoms with Gasteiger partial charge in [0.1, 0.15) is 17.3 Å². The van der Waals surface area contributed by atoms with Crippen molar-refractivity contribution >= 4 is 58.1 Å². The van der Waals surface area contributed by atoms with Crippen LogP contribution in [0.5, 0.6) is 86.2 Å². The highest BCUT2D eigenvalue weighted by atomic mass is 31.2. The molecule has 0 N–H and O–H groups in total. The fourth-order valence-electron chi connectivity index (χ4n) is 9.76. The van der Waals surface area contributed by atoms with Crippen molar-refractivity contribution in [3.8, 4) is 86.2 Å². The number of phosphoric acid groups is 1. The summed E-state index contributed by atoms with van der Waals surface area (Å²) in [6.45, 7) is 4.66. The summed E-state index contributed by atoms with van der Waals surface area (Å²) in [6.07, 6.45) is 0. The Morgan fingerprint density at radius 3 is 0.723 bits per heavy atom. The molecule has 0 fully saturated rings. The van der Waals surface area contributed by atoms with Crippen LogP contribution >= 0.6 is 7.82 Å². The molecule has 0 atom stereocenters. The van der Waals surface area contributed by atoms with E-state index in [1.165, 1.54) is 140 Å². The van der Waals surface area contributed by atoms with Gasteiger partial charge < -0.3 is 83.7 Å². The molecule has 23 heteroatoms. The van der Waals surface area contributed by atoms with Crippen LogP contribution in [0.4, 0.5) is 0 Å². The van der Waals surface area contributed by atoms with Crippen LogP contribution in [0.1, 0.15) is 65.0 Å². The molecule has 0 aliphatic heterocycles. The first kappa shape index (κ1) is 57.9. The van der Waals surface area contributed by atoms with Gasteiger partial charge in [-0.05, 0) is 93.6 Å². The van der Waals surface area contributed by atoms with Gasteiger partial charge in [-0.3, -0.25) is 14.4 Å². The standard InChI is InChI=1S/C60H57O22P/c1-28-46(49(61)31-22-40(68-7)55(74-13)41(23-31)69-8)34-16-19-37(65-4)58(52(34)77-28)80-83(64,81-59-38(66-5)20-17-35-47(29(2)78-53(35)59)50(62)32-24-42(70-9)56(75-14)43(25-32)71-10)82-60-39(67-6)21-18-36-48(30(3)79-54(36)60)51(63)33-26-44(72-11)57(76-15)45(27-33)73-12/h16-27H,1-15H3. The number of carbonyl (C=O) groups is 3. The van der Waals surface area contributed by atoms with Crippen molar-refractivity contribution in [3.05, 3.63) is 123 Å². The lowest BCUT2D eigenvalue weighted by Crippen LogP contribution is -2.10. The van der Waals surface area contributed by atoms with E-state index in [9.17, 15) is 14.4 Å². The Morgan fingerprint density at radius 2 is 0.530 bits per heavy atom. The molecule has 0 spiro atoms. The number of fused-ring (bicyclic) bond motifs is 3. The number of methoxy groups -OCH3 is 12. The zero-order chi connectivity index (χ0) is 59.8. The Labute approximate surface area is 474 Å². The third kappa shape index (κ3) is 10.0. The second-order valence-corrected chi connectivity index (χ2v) is 19.4. The van der Waals surface area contributed by atoms with Crippen molar-refractivity contribution in [1.82, 2.24) is 0 Å². The van der Waals surface area contributed by atoms with E-state index in [2.05, 4.69) is 0 Å². The maximum Gasteiger partial charge on any atom is 0.647 e. The molecule has 3 aromatic heterocycles. The molecule has 9 aromatic rings. The summed E-state index contributed by atoms with van der Waals surface area (Å²) in [5.74, 6) is -0.545. The summed E-state index contributed by atoms with van der Waals surface area (Å²) < 4.78 is 123. The summed E-state index contributed by atoms with van der Waals surface area (Å²) in [7, 11) is 11.3. The Kier molecular flexibility index (Phi) is 16.3. The van der Waals surface area contributed by atoms with Gasteiger partial charge in [0.2, 0.25) is 34.5 Å². The lowest BCUT2D eigenvalue weighted by molar-refractivity contribution is 0.103. The second kappa shape index (κ2) is 23.3. The van der Waals surface area contributed by atoms with Crippen molar-refractivity contribution in [3.63, 3.8) is 0 Å². The average molecular weight is 1160 g/mol. The summed E-state index contributed by atoms with van der Waals surface area (Å²) in [6, 6.07) is 18.0. The molecule has 0 radical (unpaired) electrons. The van der Waals surface area contributed by atoms with Gasteiger partial charge in [0.25, 0.3) is 0 Å². The summed E-state index contributed by atoms with van der Waals surface area (Å²) in [4.78, 5) is 44.1. The molecule has 434 valence electrons. The maximum absolute atomic E-state index is 16.5. The highest BCUT2D eigenvalue weighted by molar-refractivity contribution is 7.49. The van der Waals surface area contributed by atoms with Crippen LogP contribution in [-0.2, 0) is 4.57 Å². The molecule has 83 heavy (non-hydrogen) atoms. The van der Waals surface area contributed by atoms with E-state index in [0.717, 1.165) is 0 Å². The minimum atomic E-state index is -5.49. The molecule has 0 aliphatic carbocycles. The Balaban J connectivity index is 1.25. The molecule has 0 unspecified atom stereocenters. The van der Waals surface area contributed by atoms with Gasteiger partial charge >= 0.3 is 7.82 Å². The Hall–Kier alpha value is -9.82. The molecule has 6 aromatic carbocycles. The first-order chi connectivity index (χ1) is 39.9. The minimum absolute atomic E-state index is 0.0695. The number of phosphoric ester groups is 1. The van der Waals surface area contributed by atoms with E-state index >= 15 is 4.57 Å². The first-order valence-electron chi connectivity index (χ1n) is 25.0. The predicted molar refractivity (Wildman–Crippen MR) is 301 cm³/mol. The number of ketones is 3. The zero-order valence-corrected chi connectivity index (χ0v) is 48.8. The van der Waals surface area contributed by atoms with E-state index in [1.54, 1.807) is 39.0 Å². The zero-order valence-electron chi connectivity index (χ0n) is 47.9. The third-order valence-electron chi connectivity index (χ3n) is 13.6. The molecule has 3 heterocycles. The number of hydrogen-bond acceptors (Lipinski definition) is 22. The van der Waals surface area contributed by atoms with Crippen molar-refractivity contribution in [2.45, 2.75) is 20.8 Å². The number of ether oxygens (including phenoxy) is 12. The van der Waals surface area contributed by atoms with Gasteiger partial charge in [0.05, 0.1) is 102 Å². The molecule has 0 aliphatic rings. The van der Waals surface area contributed by atoms with Crippen molar-refractivity contribution in [2.75, 3.05) is 85.3 Å². The number of carbonyl (C=O) groups excluding carboxylic acids is 3. The summed E-state index contributed by atoms with van der Waals surface area (Å²) in [5.41, 5.74) is 0.199. The number of aryl methyl sites for hydroxylation is 3. The fraction of sp³-hybridized carbons (Fsp3) is 0.250. The summed E-state index contributed by atoms with van der Waals surface area (Å²) in [5, 5.41) is 0.531.